The molecule has 1 aromatic carbocycles. The van der Waals surface area contributed by atoms with Crippen molar-refractivity contribution in [2.45, 2.75) is 12.5 Å². The lowest BCUT2D eigenvalue weighted by molar-refractivity contribution is 0.460. The third-order valence-corrected chi connectivity index (χ3v) is 3.51. The summed E-state index contributed by atoms with van der Waals surface area (Å²) < 4.78 is 7.63. The molecule has 0 spiro atoms. The first-order valence-corrected chi connectivity index (χ1v) is 6.69. The molecule has 3 aromatic rings. The molecule has 0 fully saturated rings. The molecule has 0 saturated carbocycles. The van der Waals surface area contributed by atoms with Crippen molar-refractivity contribution < 1.29 is 4.74 Å². The van der Waals surface area contributed by atoms with Crippen LogP contribution in [0.2, 0.25) is 0 Å². The van der Waals surface area contributed by atoms with E-state index < -0.39 is 0 Å². The molecule has 1 unspecified atom stereocenters. The van der Waals surface area contributed by atoms with Crippen molar-refractivity contribution in [3.63, 3.8) is 0 Å². The quantitative estimate of drug-likeness (QED) is 0.785. The van der Waals surface area contributed by atoms with Gasteiger partial charge in [0, 0.05) is 6.07 Å². The molecular formula is C15H14ClN5O. The topological polar surface area (TPSA) is 78.9 Å². The van der Waals surface area contributed by atoms with Gasteiger partial charge in [0.25, 0.3) is 0 Å². The standard InChI is InChI=1S/C15H13N5O.ClH/c16-12-6-10-7-14(21-11-4-2-1-3-5-11)17-8-13(10)20-9-18-19-15(12)20;/h1-5,7-9,12H,6,16H2;1H. The molecule has 22 heavy (non-hydrogen) atoms. The summed E-state index contributed by atoms with van der Waals surface area (Å²) in [6.45, 7) is 0. The van der Waals surface area contributed by atoms with Gasteiger partial charge >= 0.3 is 0 Å². The SMILES string of the molecule is Cl.NC1Cc2cc(Oc3ccccc3)ncc2-n2cnnc21. The lowest BCUT2D eigenvalue weighted by Gasteiger charge is -2.22. The smallest absolute Gasteiger partial charge is 0.219 e. The van der Waals surface area contributed by atoms with Crippen LogP contribution in [0.3, 0.4) is 0 Å². The summed E-state index contributed by atoms with van der Waals surface area (Å²) in [5, 5.41) is 7.97. The maximum atomic E-state index is 6.12. The molecule has 0 bridgehead atoms. The van der Waals surface area contributed by atoms with E-state index in [1.54, 1.807) is 12.5 Å². The number of hydrogen-bond acceptors (Lipinski definition) is 5. The van der Waals surface area contributed by atoms with Gasteiger partial charge < -0.3 is 10.5 Å². The van der Waals surface area contributed by atoms with Gasteiger partial charge in [-0.15, -0.1) is 22.6 Å². The Morgan fingerprint density at radius 3 is 2.86 bits per heavy atom. The number of fused-ring (bicyclic) bond motifs is 3. The van der Waals surface area contributed by atoms with Crippen molar-refractivity contribution in [2.24, 2.45) is 5.73 Å². The van der Waals surface area contributed by atoms with Gasteiger partial charge in [0.2, 0.25) is 5.88 Å². The fourth-order valence-corrected chi connectivity index (χ4v) is 2.52. The lowest BCUT2D eigenvalue weighted by Crippen LogP contribution is -2.24. The zero-order chi connectivity index (χ0) is 14.2. The molecule has 2 aromatic heterocycles. The van der Waals surface area contributed by atoms with E-state index in [9.17, 15) is 0 Å². The predicted octanol–water partition coefficient (Wildman–Crippen LogP) is 2.43. The summed E-state index contributed by atoms with van der Waals surface area (Å²) in [4.78, 5) is 4.35. The van der Waals surface area contributed by atoms with Gasteiger partial charge in [0.15, 0.2) is 5.82 Å². The van der Waals surface area contributed by atoms with Crippen LogP contribution < -0.4 is 10.5 Å². The first-order chi connectivity index (χ1) is 10.3. The second-order valence-corrected chi connectivity index (χ2v) is 4.94. The summed E-state index contributed by atoms with van der Waals surface area (Å²) in [6, 6.07) is 11.3. The van der Waals surface area contributed by atoms with Crippen LogP contribution in [0.1, 0.15) is 17.4 Å². The molecule has 112 valence electrons. The maximum absolute atomic E-state index is 6.12. The van der Waals surface area contributed by atoms with E-state index in [4.69, 9.17) is 10.5 Å². The number of rotatable bonds is 2. The van der Waals surface area contributed by atoms with Crippen molar-refractivity contribution in [1.29, 1.82) is 0 Å². The fraction of sp³-hybridized carbons (Fsp3) is 0.133. The number of para-hydroxylation sites is 1. The van der Waals surface area contributed by atoms with Crippen molar-refractivity contribution in [3.05, 3.63) is 60.3 Å². The van der Waals surface area contributed by atoms with Crippen molar-refractivity contribution in [1.82, 2.24) is 19.7 Å². The molecular weight excluding hydrogens is 302 g/mol. The van der Waals surface area contributed by atoms with Crippen LogP contribution in [-0.2, 0) is 6.42 Å². The Bertz CT molecular complexity index is 790. The number of nitrogens with two attached hydrogens (primary N) is 1. The molecule has 0 saturated heterocycles. The molecule has 0 aliphatic carbocycles. The number of benzene rings is 1. The van der Waals surface area contributed by atoms with Crippen LogP contribution in [0.5, 0.6) is 11.6 Å². The van der Waals surface area contributed by atoms with Gasteiger partial charge in [-0.05, 0) is 24.1 Å². The first-order valence-electron chi connectivity index (χ1n) is 6.69. The number of pyridine rings is 1. The Labute approximate surface area is 133 Å². The summed E-state index contributed by atoms with van der Waals surface area (Å²) in [7, 11) is 0. The Balaban J connectivity index is 0.00000144. The van der Waals surface area contributed by atoms with E-state index in [0.29, 0.717) is 12.3 Å². The largest absolute Gasteiger partial charge is 0.439 e. The molecule has 1 aliphatic heterocycles. The second kappa shape index (κ2) is 5.75. The third-order valence-electron chi connectivity index (χ3n) is 3.51. The van der Waals surface area contributed by atoms with Gasteiger partial charge in [0.1, 0.15) is 12.1 Å². The van der Waals surface area contributed by atoms with Crippen LogP contribution in [0.4, 0.5) is 0 Å². The molecule has 4 rings (SSSR count). The zero-order valence-corrected chi connectivity index (χ0v) is 12.4. The third kappa shape index (κ3) is 2.43. The average molecular weight is 316 g/mol. The van der Waals surface area contributed by atoms with E-state index >= 15 is 0 Å². The van der Waals surface area contributed by atoms with Crippen molar-refractivity contribution >= 4 is 12.4 Å². The Hall–Kier alpha value is -2.44. The minimum absolute atomic E-state index is 0. The number of halogens is 1. The van der Waals surface area contributed by atoms with E-state index in [1.807, 2.05) is 41.0 Å². The van der Waals surface area contributed by atoms with Crippen LogP contribution in [0, 0.1) is 0 Å². The van der Waals surface area contributed by atoms with Gasteiger partial charge in [-0.2, -0.15) is 0 Å². The Kier molecular flexibility index (Phi) is 3.79. The predicted molar refractivity (Wildman–Crippen MR) is 83.6 cm³/mol. The molecule has 1 atom stereocenters. The second-order valence-electron chi connectivity index (χ2n) is 4.94. The van der Waals surface area contributed by atoms with E-state index in [0.717, 1.165) is 22.8 Å². The van der Waals surface area contributed by atoms with Crippen molar-refractivity contribution in [2.75, 3.05) is 0 Å². The van der Waals surface area contributed by atoms with E-state index in [2.05, 4.69) is 15.2 Å². The molecule has 6 nitrogen and oxygen atoms in total. The average Bonchev–Trinajstić information content (AvgIpc) is 2.98. The Morgan fingerprint density at radius 1 is 1.23 bits per heavy atom. The summed E-state index contributed by atoms with van der Waals surface area (Å²) in [5.74, 6) is 2.08. The van der Waals surface area contributed by atoms with Crippen LogP contribution in [-0.4, -0.2) is 19.7 Å². The summed E-state index contributed by atoms with van der Waals surface area (Å²) in [5.41, 5.74) is 8.16. The van der Waals surface area contributed by atoms with Crippen LogP contribution >= 0.6 is 12.4 Å². The van der Waals surface area contributed by atoms with Gasteiger partial charge in [-0.1, -0.05) is 18.2 Å². The van der Waals surface area contributed by atoms with Gasteiger partial charge in [0.05, 0.1) is 17.9 Å². The summed E-state index contributed by atoms with van der Waals surface area (Å²) >= 11 is 0. The molecule has 0 radical (unpaired) electrons. The first kappa shape index (κ1) is 14.5. The number of aromatic nitrogens is 4. The number of nitrogens with zero attached hydrogens (tertiary/aromatic N) is 4. The molecule has 7 heteroatoms. The maximum Gasteiger partial charge on any atom is 0.219 e. The Morgan fingerprint density at radius 2 is 2.05 bits per heavy atom. The zero-order valence-electron chi connectivity index (χ0n) is 11.6. The monoisotopic (exact) mass is 315 g/mol. The molecule has 1 aliphatic rings. The van der Waals surface area contributed by atoms with Gasteiger partial charge in [-0.3, -0.25) is 4.57 Å². The minimum Gasteiger partial charge on any atom is -0.439 e. The highest BCUT2D eigenvalue weighted by Crippen LogP contribution is 2.30. The fourth-order valence-electron chi connectivity index (χ4n) is 2.52. The molecule has 3 heterocycles. The minimum atomic E-state index is -0.160. The molecule has 0 amide bonds. The highest BCUT2D eigenvalue weighted by molar-refractivity contribution is 5.85. The van der Waals surface area contributed by atoms with Crippen LogP contribution in [0.15, 0.2) is 48.9 Å². The van der Waals surface area contributed by atoms with Crippen LogP contribution in [0.25, 0.3) is 5.69 Å². The highest BCUT2D eigenvalue weighted by Gasteiger charge is 2.24. The van der Waals surface area contributed by atoms with E-state index in [-0.39, 0.29) is 18.4 Å². The molecule has 2 N–H and O–H groups in total. The number of hydrogen-bond donors (Lipinski definition) is 1. The lowest BCUT2D eigenvalue weighted by atomic mass is 10.0. The highest BCUT2D eigenvalue weighted by atomic mass is 35.5. The van der Waals surface area contributed by atoms with Gasteiger partial charge in [-0.25, -0.2) is 4.98 Å². The normalized spacial score (nSPS) is 15.4. The van der Waals surface area contributed by atoms with E-state index in [1.165, 1.54) is 0 Å². The number of ether oxygens (including phenoxy) is 1. The summed E-state index contributed by atoms with van der Waals surface area (Å²) in [6.07, 6.45) is 4.13. The van der Waals surface area contributed by atoms with Crippen molar-refractivity contribution in [3.8, 4) is 17.3 Å².